The van der Waals surface area contributed by atoms with Crippen molar-refractivity contribution >= 4 is 47.2 Å². The number of phosphoric ester groups is 1. The number of para-hydroxylation sites is 1. The van der Waals surface area contributed by atoms with Gasteiger partial charge < -0.3 is 19.6 Å². The monoisotopic (exact) mass is 676 g/mol. The molecule has 4 amide bonds. The molecule has 2 fully saturated rings. The number of nitrogens with one attached hydrogen (secondary N) is 1. The zero-order valence-electron chi connectivity index (χ0n) is 25.2. The minimum Gasteiger partial charge on any atom is -0.404 e. The lowest BCUT2D eigenvalue weighted by atomic mass is 9.98. The van der Waals surface area contributed by atoms with Crippen LogP contribution in [0.15, 0.2) is 91.0 Å². The first-order chi connectivity index (χ1) is 22.6. The van der Waals surface area contributed by atoms with Crippen LogP contribution < -0.4 is 9.84 Å². The number of hydrogen-bond donors (Lipinski definition) is 3. The van der Waals surface area contributed by atoms with Crippen LogP contribution in [0, 0.1) is 0 Å². The van der Waals surface area contributed by atoms with Gasteiger partial charge >= 0.3 is 13.9 Å². The second kappa shape index (κ2) is 13.6. The second-order valence-electron chi connectivity index (χ2n) is 11.2. The third kappa shape index (κ3) is 7.22. The van der Waals surface area contributed by atoms with Gasteiger partial charge in [-0.15, -0.1) is 17.9 Å². The fourth-order valence-electron chi connectivity index (χ4n) is 6.02. The average molecular weight is 677 g/mol. The fourth-order valence-corrected chi connectivity index (χ4v) is 7.14. The van der Waals surface area contributed by atoms with Crippen LogP contribution in [0.25, 0.3) is 10.2 Å². The summed E-state index contributed by atoms with van der Waals surface area (Å²) in [5, 5.41) is 6.12. The lowest BCUT2D eigenvalue weighted by molar-refractivity contribution is -0.189. The van der Waals surface area contributed by atoms with Crippen molar-refractivity contribution < 1.29 is 33.3 Å². The minimum atomic E-state index is -4.76. The maximum Gasteiger partial charge on any atom is 0.524 e. The molecule has 3 aromatic carbocycles. The van der Waals surface area contributed by atoms with E-state index >= 15 is 0 Å². The number of amides is 4. The molecule has 0 spiro atoms. The van der Waals surface area contributed by atoms with Crippen LogP contribution in [-0.4, -0.2) is 84.3 Å². The molecular weight excluding hydrogens is 643 g/mol. The zero-order valence-corrected chi connectivity index (χ0v) is 26.9. The van der Waals surface area contributed by atoms with Crippen LogP contribution in [0.2, 0.25) is 0 Å². The summed E-state index contributed by atoms with van der Waals surface area (Å²) in [5.74, 6) is -0.646. The number of fused-ring (bicyclic) bond motifs is 2. The number of phosphoric acid groups is 1. The number of hydrogen-bond acceptors (Lipinski definition) is 8. The molecule has 3 heterocycles. The number of hydrazine groups is 1. The molecule has 244 valence electrons. The number of benzene rings is 3. The first kappa shape index (κ1) is 32.4. The first-order valence-corrected chi connectivity index (χ1v) is 17.2. The highest BCUT2D eigenvalue weighted by Gasteiger charge is 2.51. The van der Waals surface area contributed by atoms with E-state index in [4.69, 9.17) is 0 Å². The van der Waals surface area contributed by atoms with Crippen molar-refractivity contribution in [1.82, 2.24) is 30.1 Å². The molecule has 4 aromatic rings. The Morgan fingerprint density at radius 3 is 2.55 bits per heavy atom. The SMILES string of the molecule is C=CCN1CC(=O)N2C(CN(Cc3cccc4scnc34)C(=O)[C@@H]2Cc2ccc(OP(=O)(O)O)cc2)N1C(=O)NCc1ccccc1. The number of nitrogens with zero attached hydrogens (tertiary/aromatic N) is 5. The Bertz CT molecular complexity index is 1830. The number of rotatable bonds is 10. The predicted molar refractivity (Wildman–Crippen MR) is 175 cm³/mol. The lowest BCUT2D eigenvalue weighted by Gasteiger charge is -2.55. The third-order valence-corrected chi connectivity index (χ3v) is 9.29. The van der Waals surface area contributed by atoms with Gasteiger partial charge in [-0.05, 0) is 34.9 Å². The summed E-state index contributed by atoms with van der Waals surface area (Å²) >= 11 is 1.50. The van der Waals surface area contributed by atoms with Crippen molar-refractivity contribution in [3.8, 4) is 5.75 Å². The molecule has 3 N–H and O–H groups in total. The fraction of sp³-hybridized carbons (Fsp3) is 0.250. The van der Waals surface area contributed by atoms with Crippen LogP contribution in [0.1, 0.15) is 16.7 Å². The lowest BCUT2D eigenvalue weighted by Crippen LogP contribution is -2.76. The molecule has 6 rings (SSSR count). The average Bonchev–Trinajstić information content (AvgIpc) is 3.53. The van der Waals surface area contributed by atoms with Crippen molar-refractivity contribution in [3.63, 3.8) is 0 Å². The molecule has 0 aliphatic carbocycles. The third-order valence-electron chi connectivity index (χ3n) is 8.05. The molecule has 0 bridgehead atoms. The minimum absolute atomic E-state index is 0.0386. The van der Waals surface area contributed by atoms with E-state index in [0.29, 0.717) is 5.56 Å². The van der Waals surface area contributed by atoms with Gasteiger partial charge in [-0.2, -0.15) is 0 Å². The first-order valence-electron chi connectivity index (χ1n) is 14.8. The molecular formula is C32H33N6O7PS. The zero-order chi connectivity index (χ0) is 33.1. The molecule has 0 saturated carbocycles. The number of urea groups is 1. The Morgan fingerprint density at radius 2 is 1.83 bits per heavy atom. The topological polar surface area (TPSA) is 156 Å². The van der Waals surface area contributed by atoms with Gasteiger partial charge in [0, 0.05) is 26.1 Å². The van der Waals surface area contributed by atoms with Gasteiger partial charge in [-0.25, -0.2) is 24.4 Å². The molecule has 2 saturated heterocycles. The second-order valence-corrected chi connectivity index (χ2v) is 13.2. The van der Waals surface area contributed by atoms with E-state index in [9.17, 15) is 28.7 Å². The van der Waals surface area contributed by atoms with E-state index in [-0.39, 0.29) is 56.7 Å². The summed E-state index contributed by atoms with van der Waals surface area (Å²) in [6.45, 7) is 4.45. The molecule has 2 atom stereocenters. The summed E-state index contributed by atoms with van der Waals surface area (Å²) in [4.78, 5) is 68.1. The summed E-state index contributed by atoms with van der Waals surface area (Å²) < 4.78 is 17.0. The number of carbonyl (C=O) groups excluding carboxylic acids is 3. The van der Waals surface area contributed by atoms with Gasteiger partial charge in [0.2, 0.25) is 11.8 Å². The quantitative estimate of drug-likeness (QED) is 0.169. The van der Waals surface area contributed by atoms with Gasteiger partial charge in [-0.3, -0.25) is 19.4 Å². The van der Waals surface area contributed by atoms with E-state index in [0.717, 1.165) is 21.3 Å². The van der Waals surface area contributed by atoms with Gasteiger partial charge in [-0.1, -0.05) is 60.7 Å². The van der Waals surface area contributed by atoms with E-state index in [1.807, 2.05) is 48.5 Å². The van der Waals surface area contributed by atoms with E-state index in [1.165, 1.54) is 33.4 Å². The van der Waals surface area contributed by atoms with E-state index in [2.05, 4.69) is 21.4 Å². The Hall–Kier alpha value is -4.59. The summed E-state index contributed by atoms with van der Waals surface area (Å²) in [7, 11) is -4.76. The van der Waals surface area contributed by atoms with E-state index < -0.39 is 26.1 Å². The molecule has 2 aliphatic rings. The largest absolute Gasteiger partial charge is 0.524 e. The van der Waals surface area contributed by atoms with Gasteiger partial charge in [0.25, 0.3) is 0 Å². The maximum absolute atomic E-state index is 14.3. The van der Waals surface area contributed by atoms with Crippen molar-refractivity contribution in [1.29, 1.82) is 0 Å². The normalized spacial score (nSPS) is 18.7. The van der Waals surface area contributed by atoms with E-state index in [1.54, 1.807) is 33.6 Å². The molecule has 0 radical (unpaired) electrons. The number of aromatic nitrogens is 1. The number of carbonyl (C=O) groups is 3. The Kier molecular flexibility index (Phi) is 9.39. The highest BCUT2D eigenvalue weighted by molar-refractivity contribution is 7.46. The summed E-state index contributed by atoms with van der Waals surface area (Å²) in [5.41, 5.74) is 4.92. The van der Waals surface area contributed by atoms with Crippen LogP contribution in [0.4, 0.5) is 4.79 Å². The Balaban J connectivity index is 1.35. The number of thiazole rings is 1. The predicted octanol–water partition coefficient (Wildman–Crippen LogP) is 3.50. The molecule has 15 heteroatoms. The van der Waals surface area contributed by atoms with Crippen molar-refractivity contribution in [2.75, 3.05) is 19.6 Å². The van der Waals surface area contributed by atoms with Crippen LogP contribution in [0.5, 0.6) is 5.75 Å². The van der Waals surface area contributed by atoms with Crippen LogP contribution >= 0.6 is 19.2 Å². The smallest absolute Gasteiger partial charge is 0.404 e. The van der Waals surface area contributed by atoms with Crippen molar-refractivity contribution in [2.45, 2.75) is 31.7 Å². The maximum atomic E-state index is 14.3. The highest BCUT2D eigenvalue weighted by Crippen LogP contribution is 2.38. The van der Waals surface area contributed by atoms with Gasteiger partial charge in [0.1, 0.15) is 18.0 Å². The number of piperazine rings is 1. The standard InChI is InChI=1S/C32H33N6O7PS/c1-2-15-36-20-29(39)37-26(16-22-11-13-25(14-12-22)45-46(42,43)44)31(40)35(18-24-9-6-10-27-30(24)34-21-47-27)19-28(37)38(36)32(41)33-17-23-7-4-3-5-8-23/h2-14,21,26,28H,1,15-20H2,(H,33,41)(H2,42,43,44)/t26-,28?/m0/s1. The Morgan fingerprint density at radius 1 is 1.06 bits per heavy atom. The molecule has 2 aliphatic heterocycles. The Labute approximate surface area is 274 Å². The van der Waals surface area contributed by atoms with Gasteiger partial charge in [0.05, 0.1) is 28.8 Å². The summed E-state index contributed by atoms with van der Waals surface area (Å²) in [6.07, 6.45) is 0.880. The van der Waals surface area contributed by atoms with Crippen LogP contribution in [0.3, 0.4) is 0 Å². The molecule has 47 heavy (non-hydrogen) atoms. The summed E-state index contributed by atoms with van der Waals surface area (Å²) in [6, 6.07) is 19.8. The molecule has 1 aromatic heterocycles. The van der Waals surface area contributed by atoms with Crippen molar-refractivity contribution in [2.24, 2.45) is 0 Å². The van der Waals surface area contributed by atoms with Crippen molar-refractivity contribution in [3.05, 3.63) is 108 Å². The molecule has 13 nitrogen and oxygen atoms in total. The molecule has 1 unspecified atom stereocenters. The highest BCUT2D eigenvalue weighted by atomic mass is 32.1. The van der Waals surface area contributed by atoms with Crippen LogP contribution in [-0.2, 0) is 33.7 Å². The van der Waals surface area contributed by atoms with Gasteiger partial charge in [0.15, 0.2) is 0 Å².